The fraction of sp³-hybridized carbons (Fsp3) is 0.364. The first-order valence-corrected chi connectivity index (χ1v) is 5.52. The van der Waals surface area contributed by atoms with Crippen LogP contribution in [0.5, 0.6) is 5.75 Å². The summed E-state index contributed by atoms with van der Waals surface area (Å²) in [6, 6.07) is 3.90. The number of carbonyl (C=O) groups is 1. The molecule has 1 unspecified atom stereocenters. The third-order valence-electron chi connectivity index (χ3n) is 2.16. The van der Waals surface area contributed by atoms with Gasteiger partial charge < -0.3 is 4.74 Å². The molecule has 0 aromatic heterocycles. The van der Waals surface area contributed by atoms with Gasteiger partial charge in [0.25, 0.3) is 0 Å². The van der Waals surface area contributed by atoms with Crippen molar-refractivity contribution < 1.29 is 13.9 Å². The molecule has 0 aliphatic carbocycles. The molecule has 17 heavy (non-hydrogen) atoms. The van der Waals surface area contributed by atoms with E-state index in [1.807, 2.05) is 5.43 Å². The Morgan fingerprint density at radius 3 is 2.94 bits per heavy atom. The van der Waals surface area contributed by atoms with Gasteiger partial charge in [-0.15, -0.1) is 0 Å². The van der Waals surface area contributed by atoms with E-state index in [2.05, 4.69) is 0 Å². The summed E-state index contributed by atoms with van der Waals surface area (Å²) in [5, 5.41) is 0.208. The van der Waals surface area contributed by atoms with Crippen molar-refractivity contribution in [3.8, 4) is 5.75 Å². The lowest BCUT2D eigenvalue weighted by molar-refractivity contribution is -0.121. The normalized spacial score (nSPS) is 12.0. The van der Waals surface area contributed by atoms with Crippen molar-refractivity contribution in [1.82, 2.24) is 5.43 Å². The van der Waals surface area contributed by atoms with Crippen LogP contribution in [0.15, 0.2) is 18.2 Å². The van der Waals surface area contributed by atoms with E-state index in [1.54, 1.807) is 6.92 Å². The van der Waals surface area contributed by atoms with Crippen LogP contribution >= 0.6 is 11.6 Å². The molecule has 0 saturated carbocycles. The minimum Gasteiger partial charge on any atom is -0.489 e. The Kier molecular flexibility index (Phi) is 5.18. The third kappa shape index (κ3) is 4.58. The highest BCUT2D eigenvalue weighted by Gasteiger charge is 2.10. The second-order valence-corrected chi connectivity index (χ2v) is 4.02. The van der Waals surface area contributed by atoms with E-state index in [1.165, 1.54) is 18.2 Å². The van der Waals surface area contributed by atoms with Crippen LogP contribution in [0.4, 0.5) is 4.39 Å². The number of carbonyl (C=O) groups excluding carboxylic acids is 1. The maximum absolute atomic E-state index is 12.8. The summed E-state index contributed by atoms with van der Waals surface area (Å²) in [6.45, 7) is 1.80. The van der Waals surface area contributed by atoms with Gasteiger partial charge in [-0.05, 0) is 31.5 Å². The second-order valence-electron chi connectivity index (χ2n) is 3.61. The molecule has 3 N–H and O–H groups in total. The van der Waals surface area contributed by atoms with Crippen molar-refractivity contribution in [2.24, 2.45) is 5.84 Å². The lowest BCUT2D eigenvalue weighted by Gasteiger charge is -2.15. The van der Waals surface area contributed by atoms with Crippen LogP contribution in [0, 0.1) is 5.82 Å². The number of nitrogens with two attached hydrogens (primary N) is 1. The Balaban J connectivity index is 2.50. The Hall–Kier alpha value is -1.33. The number of nitrogens with one attached hydrogen (secondary N) is 1. The highest BCUT2D eigenvalue weighted by molar-refractivity contribution is 6.32. The fourth-order valence-electron chi connectivity index (χ4n) is 1.25. The van der Waals surface area contributed by atoms with E-state index in [9.17, 15) is 9.18 Å². The van der Waals surface area contributed by atoms with Crippen LogP contribution in [0.2, 0.25) is 5.02 Å². The molecule has 0 fully saturated rings. The Morgan fingerprint density at radius 1 is 1.65 bits per heavy atom. The van der Waals surface area contributed by atoms with Crippen molar-refractivity contribution >= 4 is 17.5 Å². The van der Waals surface area contributed by atoms with Crippen molar-refractivity contribution in [3.05, 3.63) is 29.0 Å². The molecule has 0 spiro atoms. The predicted molar refractivity (Wildman–Crippen MR) is 63.1 cm³/mol. The van der Waals surface area contributed by atoms with Crippen LogP contribution in [-0.4, -0.2) is 12.0 Å². The number of ether oxygens (including phenoxy) is 1. The van der Waals surface area contributed by atoms with Gasteiger partial charge in [0.15, 0.2) is 0 Å². The maximum Gasteiger partial charge on any atom is 0.234 e. The zero-order chi connectivity index (χ0) is 12.8. The summed E-state index contributed by atoms with van der Waals surface area (Å²) in [4.78, 5) is 10.9. The molecule has 0 bridgehead atoms. The van der Waals surface area contributed by atoms with Gasteiger partial charge in [-0.3, -0.25) is 10.2 Å². The number of rotatable bonds is 5. The topological polar surface area (TPSA) is 64.4 Å². The largest absolute Gasteiger partial charge is 0.489 e. The zero-order valence-electron chi connectivity index (χ0n) is 9.37. The molecule has 94 valence electrons. The quantitative estimate of drug-likeness (QED) is 0.484. The van der Waals surface area contributed by atoms with Gasteiger partial charge in [0.1, 0.15) is 11.6 Å². The van der Waals surface area contributed by atoms with E-state index in [0.717, 1.165) is 0 Å². The molecule has 1 aromatic rings. The molecule has 0 aliphatic rings. The van der Waals surface area contributed by atoms with Gasteiger partial charge in [-0.2, -0.15) is 0 Å². The van der Waals surface area contributed by atoms with Crippen LogP contribution in [0.3, 0.4) is 0 Å². The fourth-order valence-corrected chi connectivity index (χ4v) is 1.46. The van der Waals surface area contributed by atoms with E-state index >= 15 is 0 Å². The Labute approximate surface area is 104 Å². The third-order valence-corrected chi connectivity index (χ3v) is 2.46. The van der Waals surface area contributed by atoms with Gasteiger partial charge in [-0.25, -0.2) is 10.2 Å². The van der Waals surface area contributed by atoms with Gasteiger partial charge in [0.2, 0.25) is 5.91 Å². The summed E-state index contributed by atoms with van der Waals surface area (Å²) in [7, 11) is 0. The minimum absolute atomic E-state index is 0.208. The molecule has 0 heterocycles. The number of hydrazine groups is 1. The average molecular weight is 261 g/mol. The van der Waals surface area contributed by atoms with E-state index < -0.39 is 5.82 Å². The maximum atomic E-state index is 12.8. The van der Waals surface area contributed by atoms with Gasteiger partial charge in [0, 0.05) is 6.42 Å². The van der Waals surface area contributed by atoms with Gasteiger partial charge in [-0.1, -0.05) is 11.6 Å². The second kappa shape index (κ2) is 6.42. The predicted octanol–water partition coefficient (Wildman–Crippen LogP) is 2.02. The molecule has 4 nitrogen and oxygen atoms in total. The minimum atomic E-state index is -0.419. The van der Waals surface area contributed by atoms with Crippen LogP contribution in [0.1, 0.15) is 19.8 Å². The molecule has 1 atom stereocenters. The highest BCUT2D eigenvalue weighted by Crippen LogP contribution is 2.26. The first-order valence-electron chi connectivity index (χ1n) is 5.14. The van der Waals surface area contributed by atoms with E-state index in [-0.39, 0.29) is 23.5 Å². The number of amides is 1. The number of benzene rings is 1. The van der Waals surface area contributed by atoms with Crippen molar-refractivity contribution in [2.45, 2.75) is 25.9 Å². The summed E-state index contributed by atoms with van der Waals surface area (Å²) in [6.07, 6.45) is 0.544. The van der Waals surface area contributed by atoms with Crippen LogP contribution < -0.4 is 16.0 Å². The molecular formula is C11H14ClFN2O2. The summed E-state index contributed by atoms with van der Waals surface area (Å²) in [5.41, 5.74) is 2.03. The molecular weight excluding hydrogens is 247 g/mol. The summed E-state index contributed by atoms with van der Waals surface area (Å²) >= 11 is 5.80. The zero-order valence-corrected chi connectivity index (χ0v) is 10.1. The van der Waals surface area contributed by atoms with Crippen molar-refractivity contribution in [2.75, 3.05) is 0 Å². The van der Waals surface area contributed by atoms with E-state index in [0.29, 0.717) is 12.2 Å². The van der Waals surface area contributed by atoms with Gasteiger partial charge >= 0.3 is 0 Å². The lowest BCUT2D eigenvalue weighted by atomic mass is 10.2. The summed E-state index contributed by atoms with van der Waals surface area (Å²) in [5.74, 6) is 4.67. The molecule has 1 amide bonds. The Morgan fingerprint density at radius 2 is 2.35 bits per heavy atom. The molecule has 0 saturated heterocycles. The molecule has 0 aliphatic heterocycles. The number of hydrogen-bond acceptors (Lipinski definition) is 3. The van der Waals surface area contributed by atoms with Crippen molar-refractivity contribution in [1.29, 1.82) is 0 Å². The first-order chi connectivity index (χ1) is 8.02. The molecule has 6 heteroatoms. The lowest BCUT2D eigenvalue weighted by Crippen LogP contribution is -2.30. The Bertz CT molecular complexity index is 401. The van der Waals surface area contributed by atoms with Crippen molar-refractivity contribution in [3.63, 3.8) is 0 Å². The highest BCUT2D eigenvalue weighted by atomic mass is 35.5. The molecule has 1 aromatic carbocycles. The SMILES string of the molecule is CC(CCC(=O)NN)Oc1ccc(F)cc1Cl. The monoisotopic (exact) mass is 260 g/mol. The average Bonchev–Trinajstić information content (AvgIpc) is 2.29. The smallest absolute Gasteiger partial charge is 0.234 e. The summed E-state index contributed by atoms with van der Waals surface area (Å²) < 4.78 is 18.3. The number of halogens is 2. The first kappa shape index (κ1) is 13.7. The standard InChI is InChI=1S/C11H14ClFN2O2/c1-7(2-5-11(16)15-14)17-10-4-3-8(13)6-9(10)12/h3-4,6-7H,2,5,14H2,1H3,(H,15,16). The molecule has 1 rings (SSSR count). The van der Waals surface area contributed by atoms with Crippen LogP contribution in [-0.2, 0) is 4.79 Å². The van der Waals surface area contributed by atoms with Gasteiger partial charge in [0.05, 0.1) is 11.1 Å². The number of hydrogen-bond donors (Lipinski definition) is 2. The van der Waals surface area contributed by atoms with E-state index in [4.69, 9.17) is 22.2 Å². The molecule has 0 radical (unpaired) electrons. The van der Waals surface area contributed by atoms with Crippen LogP contribution in [0.25, 0.3) is 0 Å².